The van der Waals surface area contributed by atoms with Gasteiger partial charge in [0.2, 0.25) is 0 Å². The highest BCUT2D eigenvalue weighted by molar-refractivity contribution is 6.04. The van der Waals surface area contributed by atoms with Gasteiger partial charge in [-0.2, -0.15) is 0 Å². The minimum absolute atomic E-state index is 0. The Bertz CT molecular complexity index is 779. The zero-order chi connectivity index (χ0) is 18.7. The van der Waals surface area contributed by atoms with Crippen LogP contribution in [0.4, 0.5) is 20.2 Å². The Balaban J connectivity index is 0.00000196. The van der Waals surface area contributed by atoms with Crippen LogP contribution >= 0.6 is 24.8 Å². The normalized spacial score (nSPS) is 14.6. The first-order chi connectivity index (χ1) is 12.5. The van der Waals surface area contributed by atoms with Crippen LogP contribution in [0.1, 0.15) is 23.2 Å². The molecule has 154 valence electrons. The number of anilines is 2. The number of amides is 1. The van der Waals surface area contributed by atoms with E-state index in [0.29, 0.717) is 11.7 Å². The lowest BCUT2D eigenvalue weighted by Gasteiger charge is -2.36. The lowest BCUT2D eigenvalue weighted by molar-refractivity contribution is 0.101. The standard InChI is InChI=1S/C20H23F2N3O.2ClH/c1-24-11-9-15(10-12-24)25(2)16-6-3-5-14(13-16)23-20(26)19-17(21)7-4-8-18(19)22;;/h3-8,13,15H,9-12H2,1-2H3,(H,23,26);2*1H. The number of piperidine rings is 1. The van der Waals surface area contributed by atoms with E-state index in [4.69, 9.17) is 0 Å². The summed E-state index contributed by atoms with van der Waals surface area (Å²) in [5, 5.41) is 2.59. The van der Waals surface area contributed by atoms with Gasteiger partial charge in [-0.3, -0.25) is 4.79 Å². The van der Waals surface area contributed by atoms with Crippen LogP contribution in [0.25, 0.3) is 0 Å². The van der Waals surface area contributed by atoms with Crippen molar-refractivity contribution < 1.29 is 13.6 Å². The highest BCUT2D eigenvalue weighted by atomic mass is 35.5. The molecule has 2 aromatic rings. The van der Waals surface area contributed by atoms with E-state index in [1.165, 1.54) is 6.07 Å². The third kappa shape index (κ3) is 5.56. The third-order valence-electron chi connectivity index (χ3n) is 4.94. The molecule has 1 heterocycles. The molecule has 1 aliphatic heterocycles. The van der Waals surface area contributed by atoms with E-state index in [0.717, 1.165) is 43.8 Å². The first-order valence-electron chi connectivity index (χ1n) is 8.72. The molecule has 3 rings (SSSR count). The fourth-order valence-electron chi connectivity index (χ4n) is 3.30. The van der Waals surface area contributed by atoms with Crippen molar-refractivity contribution in [2.24, 2.45) is 0 Å². The molecule has 0 bridgehead atoms. The van der Waals surface area contributed by atoms with Gasteiger partial charge in [0.15, 0.2) is 0 Å². The van der Waals surface area contributed by atoms with Crippen molar-refractivity contribution in [3.63, 3.8) is 0 Å². The van der Waals surface area contributed by atoms with Crippen molar-refractivity contribution in [2.45, 2.75) is 18.9 Å². The van der Waals surface area contributed by atoms with Gasteiger partial charge in [-0.25, -0.2) is 8.78 Å². The van der Waals surface area contributed by atoms with Crippen LogP contribution in [0.2, 0.25) is 0 Å². The average molecular weight is 432 g/mol. The molecule has 28 heavy (non-hydrogen) atoms. The quantitative estimate of drug-likeness (QED) is 0.768. The molecule has 1 aliphatic rings. The van der Waals surface area contributed by atoms with Gasteiger partial charge in [0.25, 0.3) is 5.91 Å². The number of halogens is 4. The molecule has 0 spiro atoms. The average Bonchev–Trinajstić information content (AvgIpc) is 2.62. The van der Waals surface area contributed by atoms with Gasteiger partial charge in [-0.15, -0.1) is 24.8 Å². The maximum absolute atomic E-state index is 13.8. The van der Waals surface area contributed by atoms with Crippen LogP contribution in [0.3, 0.4) is 0 Å². The van der Waals surface area contributed by atoms with Crippen molar-refractivity contribution in [1.82, 2.24) is 4.90 Å². The molecular formula is C20H25Cl2F2N3O. The molecule has 0 unspecified atom stereocenters. The first-order valence-corrected chi connectivity index (χ1v) is 8.72. The lowest BCUT2D eigenvalue weighted by atomic mass is 10.0. The highest BCUT2D eigenvalue weighted by Gasteiger charge is 2.21. The van der Waals surface area contributed by atoms with Gasteiger partial charge in [-0.05, 0) is 63.3 Å². The fourth-order valence-corrected chi connectivity index (χ4v) is 3.30. The minimum atomic E-state index is -0.873. The molecule has 0 radical (unpaired) electrons. The Labute approximate surface area is 176 Å². The monoisotopic (exact) mass is 431 g/mol. The Morgan fingerprint density at radius 1 is 1.07 bits per heavy atom. The van der Waals surface area contributed by atoms with Crippen molar-refractivity contribution in [1.29, 1.82) is 0 Å². The largest absolute Gasteiger partial charge is 0.371 e. The number of benzene rings is 2. The Hall–Kier alpha value is -1.89. The molecule has 8 heteroatoms. The molecule has 1 saturated heterocycles. The Kier molecular flexibility index (Phi) is 9.14. The molecule has 2 aromatic carbocycles. The van der Waals surface area contributed by atoms with Gasteiger partial charge < -0.3 is 15.1 Å². The number of hydrogen-bond donors (Lipinski definition) is 1. The van der Waals surface area contributed by atoms with E-state index in [-0.39, 0.29) is 24.8 Å². The van der Waals surface area contributed by atoms with Crippen molar-refractivity contribution in [3.8, 4) is 0 Å². The maximum atomic E-state index is 13.8. The number of carbonyl (C=O) groups excluding carboxylic acids is 1. The zero-order valence-electron chi connectivity index (χ0n) is 15.8. The van der Waals surface area contributed by atoms with Crippen molar-refractivity contribution in [2.75, 3.05) is 37.4 Å². The first kappa shape index (κ1) is 24.1. The summed E-state index contributed by atoms with van der Waals surface area (Å²) in [5.74, 6) is -2.54. The SMILES string of the molecule is CN1CCC(N(C)c2cccc(NC(=O)c3c(F)cccc3F)c2)CC1.Cl.Cl. The van der Waals surface area contributed by atoms with Crippen LogP contribution in [-0.2, 0) is 0 Å². The van der Waals surface area contributed by atoms with Crippen molar-refractivity contribution >= 4 is 42.1 Å². The number of carbonyl (C=O) groups is 1. The topological polar surface area (TPSA) is 35.6 Å². The molecule has 1 fully saturated rings. The summed E-state index contributed by atoms with van der Waals surface area (Å²) in [7, 11) is 4.15. The second kappa shape index (κ2) is 10.6. The predicted molar refractivity (Wildman–Crippen MR) is 114 cm³/mol. The number of nitrogens with one attached hydrogen (secondary N) is 1. The Morgan fingerprint density at radius 2 is 1.64 bits per heavy atom. The molecular weight excluding hydrogens is 407 g/mol. The van der Waals surface area contributed by atoms with Crippen LogP contribution in [-0.4, -0.2) is 44.0 Å². The summed E-state index contributed by atoms with van der Waals surface area (Å²) in [6.45, 7) is 2.11. The smallest absolute Gasteiger partial charge is 0.261 e. The molecule has 0 atom stereocenters. The minimum Gasteiger partial charge on any atom is -0.371 e. The molecule has 1 N–H and O–H groups in total. The number of likely N-dealkylation sites (tertiary alicyclic amines) is 1. The summed E-state index contributed by atoms with van der Waals surface area (Å²) in [4.78, 5) is 16.8. The van der Waals surface area contributed by atoms with Gasteiger partial charge in [0.05, 0.1) is 0 Å². The molecule has 0 aliphatic carbocycles. The second-order valence-electron chi connectivity index (χ2n) is 6.75. The van der Waals surface area contributed by atoms with Gasteiger partial charge in [0.1, 0.15) is 17.2 Å². The van der Waals surface area contributed by atoms with E-state index < -0.39 is 23.1 Å². The van der Waals surface area contributed by atoms with Gasteiger partial charge in [0, 0.05) is 24.5 Å². The van der Waals surface area contributed by atoms with E-state index in [2.05, 4.69) is 22.2 Å². The summed E-state index contributed by atoms with van der Waals surface area (Å²) >= 11 is 0. The summed E-state index contributed by atoms with van der Waals surface area (Å²) in [5.41, 5.74) is 0.905. The predicted octanol–water partition coefficient (Wildman–Crippen LogP) is 4.59. The van der Waals surface area contributed by atoms with Crippen LogP contribution in [0.5, 0.6) is 0 Å². The van der Waals surface area contributed by atoms with Gasteiger partial charge >= 0.3 is 0 Å². The third-order valence-corrected chi connectivity index (χ3v) is 4.94. The highest BCUT2D eigenvalue weighted by Crippen LogP contribution is 2.25. The maximum Gasteiger partial charge on any atom is 0.261 e. The molecule has 4 nitrogen and oxygen atoms in total. The van der Waals surface area contributed by atoms with Gasteiger partial charge in [-0.1, -0.05) is 12.1 Å². The zero-order valence-corrected chi connectivity index (χ0v) is 17.5. The van der Waals surface area contributed by atoms with E-state index in [1.54, 1.807) is 6.07 Å². The van der Waals surface area contributed by atoms with Crippen LogP contribution in [0, 0.1) is 11.6 Å². The number of hydrogen-bond acceptors (Lipinski definition) is 3. The molecule has 0 aromatic heterocycles. The fraction of sp³-hybridized carbons (Fsp3) is 0.350. The lowest BCUT2D eigenvalue weighted by Crippen LogP contribution is -2.42. The van der Waals surface area contributed by atoms with Crippen LogP contribution in [0.15, 0.2) is 42.5 Å². The molecule has 1 amide bonds. The number of nitrogens with zero attached hydrogens (tertiary/aromatic N) is 2. The van der Waals surface area contributed by atoms with Crippen molar-refractivity contribution in [3.05, 3.63) is 59.7 Å². The molecule has 0 saturated carbocycles. The van der Waals surface area contributed by atoms with E-state index in [1.807, 2.05) is 25.2 Å². The Morgan fingerprint density at radius 3 is 2.25 bits per heavy atom. The number of rotatable bonds is 4. The second-order valence-corrected chi connectivity index (χ2v) is 6.75. The summed E-state index contributed by atoms with van der Waals surface area (Å²) < 4.78 is 27.5. The van der Waals surface area contributed by atoms with E-state index >= 15 is 0 Å². The van der Waals surface area contributed by atoms with Crippen LogP contribution < -0.4 is 10.2 Å². The van der Waals surface area contributed by atoms with E-state index in [9.17, 15) is 13.6 Å². The summed E-state index contributed by atoms with van der Waals surface area (Å²) in [6, 6.07) is 11.1. The summed E-state index contributed by atoms with van der Waals surface area (Å²) in [6.07, 6.45) is 2.15.